The third kappa shape index (κ3) is 5.01. The number of aromatic nitrogens is 4. The number of carbonyl (C=O) groups is 1. The second kappa shape index (κ2) is 8.60. The van der Waals surface area contributed by atoms with Gasteiger partial charge in [-0.25, -0.2) is 4.68 Å². The highest BCUT2D eigenvalue weighted by molar-refractivity contribution is 5.95. The fourth-order valence-electron chi connectivity index (χ4n) is 2.47. The van der Waals surface area contributed by atoms with Crippen LogP contribution in [0.4, 0.5) is 0 Å². The number of carbonyl (C=O) groups excluding carboxylic acids is 1. The molecule has 1 atom stereocenters. The van der Waals surface area contributed by atoms with E-state index in [9.17, 15) is 4.79 Å². The van der Waals surface area contributed by atoms with Gasteiger partial charge >= 0.3 is 0 Å². The van der Waals surface area contributed by atoms with Crippen molar-refractivity contribution in [2.45, 2.75) is 53.5 Å². The molecule has 0 spiro atoms. The van der Waals surface area contributed by atoms with E-state index in [1.807, 2.05) is 20.8 Å². The van der Waals surface area contributed by atoms with E-state index in [0.29, 0.717) is 29.8 Å². The van der Waals surface area contributed by atoms with Crippen LogP contribution < -0.4 is 10.1 Å². The maximum atomic E-state index is 12.5. The maximum absolute atomic E-state index is 12.5. The van der Waals surface area contributed by atoms with E-state index < -0.39 is 0 Å². The molecule has 2 aromatic heterocycles. The van der Waals surface area contributed by atoms with Gasteiger partial charge < -0.3 is 10.1 Å². The minimum atomic E-state index is -0.112. The summed E-state index contributed by atoms with van der Waals surface area (Å²) in [5.41, 5.74) is 1.28. The monoisotopic (exact) mass is 345 g/mol. The molecule has 0 saturated carbocycles. The first-order chi connectivity index (χ1) is 11.9. The molecule has 0 bridgehead atoms. The summed E-state index contributed by atoms with van der Waals surface area (Å²) >= 11 is 0. The number of amides is 1. The zero-order chi connectivity index (χ0) is 18.4. The molecule has 0 aromatic carbocycles. The van der Waals surface area contributed by atoms with Crippen LogP contribution in [0, 0.1) is 12.8 Å². The first kappa shape index (κ1) is 18.9. The van der Waals surface area contributed by atoms with E-state index in [0.717, 1.165) is 18.5 Å². The van der Waals surface area contributed by atoms with E-state index in [2.05, 4.69) is 34.5 Å². The third-order valence-electron chi connectivity index (χ3n) is 3.94. The van der Waals surface area contributed by atoms with Crippen LogP contribution in [0.3, 0.4) is 0 Å². The first-order valence-electron chi connectivity index (χ1n) is 8.74. The summed E-state index contributed by atoms with van der Waals surface area (Å²) in [4.78, 5) is 12.5. The van der Waals surface area contributed by atoms with Gasteiger partial charge in [-0.1, -0.05) is 13.8 Å². The van der Waals surface area contributed by atoms with Gasteiger partial charge in [-0.2, -0.15) is 5.10 Å². The molecule has 25 heavy (non-hydrogen) atoms. The Labute approximate surface area is 148 Å². The second-order valence-electron chi connectivity index (χ2n) is 6.56. The summed E-state index contributed by atoms with van der Waals surface area (Å²) in [6.07, 6.45) is 3.61. The van der Waals surface area contributed by atoms with Crippen LogP contribution in [-0.4, -0.2) is 38.5 Å². The Morgan fingerprint density at radius 1 is 1.24 bits per heavy atom. The van der Waals surface area contributed by atoms with E-state index in [4.69, 9.17) is 4.74 Å². The summed E-state index contributed by atoms with van der Waals surface area (Å²) in [6.45, 7) is 10.7. The van der Waals surface area contributed by atoms with Crippen LogP contribution in [0.1, 0.15) is 56.6 Å². The molecular weight excluding hydrogens is 318 g/mol. The average Bonchev–Trinajstić information content (AvgIpc) is 2.95. The number of ether oxygens (including phenoxy) is 1. The lowest BCUT2D eigenvalue weighted by molar-refractivity contribution is 0.0936. The summed E-state index contributed by atoms with van der Waals surface area (Å²) < 4.78 is 6.89. The standard InChI is InChI=1S/C18H27N5O2/c1-6-25-17-10-9-16(21-22-17)23-14(5)15(11-19-23)18(24)20-13(4)8-7-12(2)3/h9-13H,6-8H2,1-5H3,(H,20,24). The summed E-state index contributed by atoms with van der Waals surface area (Å²) in [7, 11) is 0. The van der Waals surface area contributed by atoms with Gasteiger partial charge in [0, 0.05) is 12.1 Å². The van der Waals surface area contributed by atoms with Gasteiger partial charge in [-0.3, -0.25) is 4.79 Å². The van der Waals surface area contributed by atoms with Crippen molar-refractivity contribution in [3.8, 4) is 11.7 Å². The summed E-state index contributed by atoms with van der Waals surface area (Å²) in [5, 5.41) is 15.4. The smallest absolute Gasteiger partial charge is 0.254 e. The Morgan fingerprint density at radius 2 is 2.00 bits per heavy atom. The first-order valence-corrected chi connectivity index (χ1v) is 8.74. The fourth-order valence-corrected chi connectivity index (χ4v) is 2.47. The van der Waals surface area contributed by atoms with E-state index in [1.165, 1.54) is 0 Å². The lowest BCUT2D eigenvalue weighted by Crippen LogP contribution is -2.33. The van der Waals surface area contributed by atoms with Gasteiger partial charge in [-0.05, 0) is 45.6 Å². The molecule has 1 N–H and O–H groups in total. The molecule has 0 saturated heterocycles. The van der Waals surface area contributed by atoms with Gasteiger partial charge in [-0.15, -0.1) is 10.2 Å². The zero-order valence-corrected chi connectivity index (χ0v) is 15.6. The normalized spacial score (nSPS) is 12.2. The van der Waals surface area contributed by atoms with Gasteiger partial charge in [0.15, 0.2) is 5.82 Å². The predicted molar refractivity (Wildman–Crippen MR) is 96.1 cm³/mol. The van der Waals surface area contributed by atoms with Crippen molar-refractivity contribution < 1.29 is 9.53 Å². The van der Waals surface area contributed by atoms with Crippen LogP contribution >= 0.6 is 0 Å². The topological polar surface area (TPSA) is 81.9 Å². The van der Waals surface area contributed by atoms with Crippen LogP contribution in [0.25, 0.3) is 5.82 Å². The molecule has 7 nitrogen and oxygen atoms in total. The van der Waals surface area contributed by atoms with Gasteiger partial charge in [0.2, 0.25) is 5.88 Å². The minimum Gasteiger partial charge on any atom is -0.477 e. The predicted octanol–water partition coefficient (Wildman–Crippen LogP) is 2.92. The molecule has 1 amide bonds. The van der Waals surface area contributed by atoms with Gasteiger partial charge in [0.05, 0.1) is 24.1 Å². The van der Waals surface area contributed by atoms with Crippen molar-refractivity contribution in [1.82, 2.24) is 25.3 Å². The highest BCUT2D eigenvalue weighted by atomic mass is 16.5. The van der Waals surface area contributed by atoms with Crippen molar-refractivity contribution in [2.24, 2.45) is 5.92 Å². The summed E-state index contributed by atoms with van der Waals surface area (Å²) in [5.74, 6) is 1.53. The van der Waals surface area contributed by atoms with Gasteiger partial charge in [0.1, 0.15) is 0 Å². The quantitative estimate of drug-likeness (QED) is 0.795. The minimum absolute atomic E-state index is 0.112. The largest absolute Gasteiger partial charge is 0.477 e. The van der Waals surface area contributed by atoms with Crippen LogP contribution in [0.15, 0.2) is 18.3 Å². The number of hydrogen-bond donors (Lipinski definition) is 1. The van der Waals surface area contributed by atoms with E-state index in [-0.39, 0.29) is 11.9 Å². The number of nitrogens with one attached hydrogen (secondary N) is 1. The zero-order valence-electron chi connectivity index (χ0n) is 15.6. The van der Waals surface area contributed by atoms with Crippen molar-refractivity contribution in [2.75, 3.05) is 6.61 Å². The Morgan fingerprint density at radius 3 is 2.60 bits per heavy atom. The van der Waals surface area contributed by atoms with Crippen LogP contribution in [-0.2, 0) is 0 Å². The molecule has 0 radical (unpaired) electrons. The molecule has 1 unspecified atom stereocenters. The number of rotatable bonds is 8. The molecule has 2 aromatic rings. The maximum Gasteiger partial charge on any atom is 0.254 e. The number of nitrogens with zero attached hydrogens (tertiary/aromatic N) is 4. The molecule has 2 rings (SSSR count). The molecule has 7 heteroatoms. The Kier molecular flexibility index (Phi) is 6.50. The lowest BCUT2D eigenvalue weighted by atomic mass is 10.0. The molecular formula is C18H27N5O2. The Bertz CT molecular complexity index is 694. The lowest BCUT2D eigenvalue weighted by Gasteiger charge is -2.15. The van der Waals surface area contributed by atoms with Gasteiger partial charge in [0.25, 0.3) is 5.91 Å². The molecule has 0 aliphatic rings. The second-order valence-corrected chi connectivity index (χ2v) is 6.56. The van der Waals surface area contributed by atoms with Crippen LogP contribution in [0.2, 0.25) is 0 Å². The molecule has 136 valence electrons. The average molecular weight is 345 g/mol. The van der Waals surface area contributed by atoms with Crippen molar-refractivity contribution in [3.63, 3.8) is 0 Å². The van der Waals surface area contributed by atoms with Crippen molar-refractivity contribution >= 4 is 5.91 Å². The number of hydrogen-bond acceptors (Lipinski definition) is 5. The Hall–Kier alpha value is -2.44. The fraction of sp³-hybridized carbons (Fsp3) is 0.556. The molecule has 2 heterocycles. The molecule has 0 aliphatic carbocycles. The van der Waals surface area contributed by atoms with Crippen molar-refractivity contribution in [3.05, 3.63) is 29.6 Å². The SMILES string of the molecule is CCOc1ccc(-n2ncc(C(=O)NC(C)CCC(C)C)c2C)nn1. The molecule has 0 fully saturated rings. The Balaban J connectivity index is 2.08. The van der Waals surface area contributed by atoms with Crippen LogP contribution in [0.5, 0.6) is 5.88 Å². The van der Waals surface area contributed by atoms with Crippen molar-refractivity contribution in [1.29, 1.82) is 0 Å². The van der Waals surface area contributed by atoms with E-state index in [1.54, 1.807) is 23.0 Å². The summed E-state index contributed by atoms with van der Waals surface area (Å²) in [6, 6.07) is 3.63. The van der Waals surface area contributed by atoms with E-state index >= 15 is 0 Å². The highest BCUT2D eigenvalue weighted by Crippen LogP contribution is 2.14. The third-order valence-corrected chi connectivity index (χ3v) is 3.94. The molecule has 0 aliphatic heterocycles. The highest BCUT2D eigenvalue weighted by Gasteiger charge is 2.17.